The molecular formula is C16H26FN3O3. The molecule has 0 bridgehead atoms. The summed E-state index contributed by atoms with van der Waals surface area (Å²) in [6, 6.07) is 1.28. The number of aliphatic hydroxyl groups excluding tert-OH is 1. The zero-order valence-corrected chi connectivity index (χ0v) is 14.0. The zero-order valence-electron chi connectivity index (χ0n) is 14.0. The number of anilines is 1. The van der Waals surface area contributed by atoms with E-state index in [0.717, 1.165) is 0 Å². The molecule has 7 heteroatoms. The fraction of sp³-hybridized carbons (Fsp3) is 0.625. The van der Waals surface area contributed by atoms with E-state index >= 15 is 0 Å². The molecule has 1 rings (SSSR count). The van der Waals surface area contributed by atoms with Crippen LogP contribution in [0.5, 0.6) is 0 Å². The molecule has 0 saturated heterocycles. The lowest BCUT2D eigenvalue weighted by molar-refractivity contribution is -0.00307. The van der Waals surface area contributed by atoms with E-state index in [-0.39, 0.29) is 36.2 Å². The fourth-order valence-corrected chi connectivity index (χ4v) is 2.10. The van der Waals surface area contributed by atoms with Gasteiger partial charge in [-0.05, 0) is 25.8 Å². The molecule has 1 heterocycles. The summed E-state index contributed by atoms with van der Waals surface area (Å²) >= 11 is 0. The molecule has 0 aromatic carbocycles. The first-order chi connectivity index (χ1) is 10.6. The van der Waals surface area contributed by atoms with Crippen molar-refractivity contribution in [1.29, 1.82) is 0 Å². The van der Waals surface area contributed by atoms with E-state index in [1.165, 1.54) is 20.0 Å². The third kappa shape index (κ3) is 5.14. The van der Waals surface area contributed by atoms with Gasteiger partial charge in [0.25, 0.3) is 5.91 Å². The smallest absolute Gasteiger partial charge is 0.252 e. The lowest BCUT2D eigenvalue weighted by atomic mass is 9.96. The van der Waals surface area contributed by atoms with Crippen LogP contribution in [0.3, 0.4) is 0 Å². The van der Waals surface area contributed by atoms with E-state index < -0.39 is 17.7 Å². The predicted octanol–water partition coefficient (Wildman–Crippen LogP) is 1.26. The van der Waals surface area contributed by atoms with Crippen LogP contribution in [0.25, 0.3) is 0 Å². The third-order valence-corrected chi connectivity index (χ3v) is 3.76. The average Bonchev–Trinajstić information content (AvgIpc) is 2.43. The molecular weight excluding hydrogens is 301 g/mol. The molecule has 5 N–H and O–H groups in total. The number of hydrogen-bond acceptors (Lipinski definition) is 5. The summed E-state index contributed by atoms with van der Waals surface area (Å²) in [4.78, 5) is 15.8. The Kier molecular flexibility index (Phi) is 6.47. The number of nitrogens with zero attached hydrogens (tertiary/aromatic N) is 1. The van der Waals surface area contributed by atoms with Crippen LogP contribution in [-0.4, -0.2) is 45.5 Å². The molecule has 0 aliphatic carbocycles. The summed E-state index contributed by atoms with van der Waals surface area (Å²) in [5, 5.41) is 22.2. The standard InChI is InChI=1S/C16H26FN3O3/c1-9(2)12(8-21)20-10-5-6-19-11(14(10)15(18)22)7-13(17)16(3,4)23/h5-6,9,12-13,21,23H,7-8H2,1-4H3,(H2,18,22)(H,19,20)/t12-,13-/m1/s1. The number of carbonyl (C=O) groups excluding carboxylic acids is 1. The number of aromatic nitrogens is 1. The van der Waals surface area contributed by atoms with Crippen LogP contribution in [-0.2, 0) is 6.42 Å². The maximum atomic E-state index is 14.1. The third-order valence-electron chi connectivity index (χ3n) is 3.76. The maximum absolute atomic E-state index is 14.1. The average molecular weight is 327 g/mol. The molecule has 0 fully saturated rings. The van der Waals surface area contributed by atoms with Gasteiger partial charge in [0.2, 0.25) is 0 Å². The SMILES string of the molecule is CC(C)[C@@H](CO)Nc1ccnc(C[C@@H](F)C(C)(C)O)c1C(N)=O. The minimum Gasteiger partial charge on any atom is -0.394 e. The fourth-order valence-electron chi connectivity index (χ4n) is 2.10. The van der Waals surface area contributed by atoms with E-state index in [2.05, 4.69) is 10.3 Å². The van der Waals surface area contributed by atoms with Gasteiger partial charge in [-0.25, -0.2) is 4.39 Å². The highest BCUT2D eigenvalue weighted by Crippen LogP contribution is 2.24. The van der Waals surface area contributed by atoms with Gasteiger partial charge in [0, 0.05) is 12.6 Å². The summed E-state index contributed by atoms with van der Waals surface area (Å²) in [7, 11) is 0. The Labute approximate surface area is 135 Å². The second-order valence-corrected chi connectivity index (χ2v) is 6.55. The normalized spacial score (nSPS) is 14.6. The van der Waals surface area contributed by atoms with Crippen molar-refractivity contribution in [3.63, 3.8) is 0 Å². The number of rotatable bonds is 8. The molecule has 6 nitrogen and oxygen atoms in total. The Balaban J connectivity index is 3.19. The van der Waals surface area contributed by atoms with Gasteiger partial charge < -0.3 is 21.3 Å². The molecule has 0 unspecified atom stereocenters. The summed E-state index contributed by atoms with van der Waals surface area (Å²) < 4.78 is 14.1. The van der Waals surface area contributed by atoms with E-state index in [0.29, 0.717) is 5.69 Å². The molecule has 2 atom stereocenters. The van der Waals surface area contributed by atoms with Crippen LogP contribution in [0.1, 0.15) is 43.7 Å². The van der Waals surface area contributed by atoms with Gasteiger partial charge in [-0.3, -0.25) is 9.78 Å². The van der Waals surface area contributed by atoms with Gasteiger partial charge in [-0.15, -0.1) is 0 Å². The number of nitrogens with two attached hydrogens (primary N) is 1. The highest BCUT2D eigenvalue weighted by Gasteiger charge is 2.29. The van der Waals surface area contributed by atoms with Gasteiger partial charge >= 0.3 is 0 Å². The van der Waals surface area contributed by atoms with E-state index in [9.17, 15) is 19.4 Å². The van der Waals surface area contributed by atoms with E-state index in [1.807, 2.05) is 13.8 Å². The van der Waals surface area contributed by atoms with Gasteiger partial charge in [-0.2, -0.15) is 0 Å². The van der Waals surface area contributed by atoms with Crippen molar-refractivity contribution >= 4 is 11.6 Å². The van der Waals surface area contributed by atoms with Gasteiger partial charge in [0.1, 0.15) is 6.17 Å². The second kappa shape index (κ2) is 7.70. The Bertz CT molecular complexity index is 522. The van der Waals surface area contributed by atoms with Crippen LogP contribution < -0.4 is 11.1 Å². The minimum absolute atomic E-state index is 0.0819. The van der Waals surface area contributed by atoms with E-state index in [4.69, 9.17) is 5.73 Å². The molecule has 1 aromatic heterocycles. The largest absolute Gasteiger partial charge is 0.394 e. The molecule has 0 aliphatic rings. The first-order valence-corrected chi connectivity index (χ1v) is 7.59. The maximum Gasteiger partial charge on any atom is 0.252 e. The molecule has 0 saturated carbocycles. The van der Waals surface area contributed by atoms with Crippen molar-refractivity contribution in [3.05, 3.63) is 23.5 Å². The van der Waals surface area contributed by atoms with Gasteiger partial charge in [-0.1, -0.05) is 13.8 Å². The lowest BCUT2D eigenvalue weighted by Crippen LogP contribution is -2.35. The number of alkyl halides is 1. The first kappa shape index (κ1) is 19.3. The molecule has 23 heavy (non-hydrogen) atoms. The quantitative estimate of drug-likeness (QED) is 0.575. The zero-order chi connectivity index (χ0) is 17.8. The highest BCUT2D eigenvalue weighted by molar-refractivity contribution is 5.99. The molecule has 130 valence electrons. The summed E-state index contributed by atoms with van der Waals surface area (Å²) in [6.07, 6.45) is -0.388. The highest BCUT2D eigenvalue weighted by atomic mass is 19.1. The van der Waals surface area contributed by atoms with Crippen molar-refractivity contribution in [2.45, 2.75) is 51.9 Å². The van der Waals surface area contributed by atoms with Gasteiger partial charge in [0.05, 0.1) is 35.2 Å². The van der Waals surface area contributed by atoms with Crippen molar-refractivity contribution in [3.8, 4) is 0 Å². The first-order valence-electron chi connectivity index (χ1n) is 7.59. The second-order valence-electron chi connectivity index (χ2n) is 6.55. The molecule has 0 radical (unpaired) electrons. The van der Waals surface area contributed by atoms with Crippen molar-refractivity contribution in [2.24, 2.45) is 11.7 Å². The number of primary amides is 1. The number of nitrogens with one attached hydrogen (secondary N) is 1. The molecule has 1 aromatic rings. The number of aliphatic hydroxyl groups is 2. The lowest BCUT2D eigenvalue weighted by Gasteiger charge is -2.25. The number of carbonyl (C=O) groups is 1. The Morgan fingerprint density at radius 2 is 2.09 bits per heavy atom. The van der Waals surface area contributed by atoms with Crippen molar-refractivity contribution in [2.75, 3.05) is 11.9 Å². The van der Waals surface area contributed by atoms with Crippen molar-refractivity contribution < 1.29 is 19.4 Å². The predicted molar refractivity (Wildman–Crippen MR) is 87.0 cm³/mol. The van der Waals surface area contributed by atoms with Crippen LogP contribution in [0.2, 0.25) is 0 Å². The Hall–Kier alpha value is -1.73. The number of hydrogen-bond donors (Lipinski definition) is 4. The van der Waals surface area contributed by atoms with Crippen LogP contribution in [0, 0.1) is 5.92 Å². The Morgan fingerprint density at radius 1 is 1.48 bits per heavy atom. The number of pyridine rings is 1. The number of amides is 1. The van der Waals surface area contributed by atoms with Crippen LogP contribution in [0.4, 0.5) is 10.1 Å². The minimum atomic E-state index is -1.60. The summed E-state index contributed by atoms with van der Waals surface area (Å²) in [5.74, 6) is -0.623. The monoisotopic (exact) mass is 327 g/mol. The molecule has 0 spiro atoms. The Morgan fingerprint density at radius 3 is 2.52 bits per heavy atom. The summed E-state index contributed by atoms with van der Waals surface area (Å²) in [6.45, 7) is 6.43. The van der Waals surface area contributed by atoms with Crippen LogP contribution >= 0.6 is 0 Å². The molecule has 1 amide bonds. The van der Waals surface area contributed by atoms with E-state index in [1.54, 1.807) is 6.07 Å². The number of halogens is 1. The topological polar surface area (TPSA) is 108 Å². The summed E-state index contributed by atoms with van der Waals surface area (Å²) in [5.41, 5.74) is 4.54. The molecule has 0 aliphatic heterocycles. The van der Waals surface area contributed by atoms with Crippen LogP contribution in [0.15, 0.2) is 12.3 Å². The van der Waals surface area contributed by atoms with Gasteiger partial charge in [0.15, 0.2) is 0 Å². The van der Waals surface area contributed by atoms with Crippen molar-refractivity contribution in [1.82, 2.24) is 4.98 Å².